The van der Waals surface area contributed by atoms with E-state index in [1.165, 1.54) is 15.8 Å². The zero-order valence-electron chi connectivity index (χ0n) is 14.8. The van der Waals surface area contributed by atoms with Gasteiger partial charge in [0.25, 0.3) is 5.91 Å². The van der Waals surface area contributed by atoms with Gasteiger partial charge in [0.2, 0.25) is 15.9 Å². The molecule has 3 rings (SSSR count). The monoisotopic (exact) mass is 407 g/mol. The van der Waals surface area contributed by atoms with Crippen LogP contribution >= 0.6 is 0 Å². The van der Waals surface area contributed by atoms with E-state index in [0.717, 1.165) is 6.20 Å². The van der Waals surface area contributed by atoms with Crippen LogP contribution in [0, 0.1) is 0 Å². The normalized spacial score (nSPS) is 13.6. The first kappa shape index (κ1) is 19.5. The molecule has 0 saturated heterocycles. The lowest BCUT2D eigenvalue weighted by atomic mass is 10.2. The lowest BCUT2D eigenvalue weighted by Crippen LogP contribution is -2.44. The van der Waals surface area contributed by atoms with Crippen molar-refractivity contribution in [2.75, 3.05) is 29.9 Å². The number of rotatable bonds is 6. The van der Waals surface area contributed by atoms with Crippen molar-refractivity contribution in [3.63, 3.8) is 0 Å². The summed E-state index contributed by atoms with van der Waals surface area (Å²) in [7, 11) is -2.37. The molecule has 0 fully saturated rings. The van der Waals surface area contributed by atoms with Gasteiger partial charge in [-0.1, -0.05) is 12.1 Å². The summed E-state index contributed by atoms with van der Waals surface area (Å²) in [5.74, 6) is -1.91. The fraction of sp³-hybridized carbons (Fsp3) is 0.250. The minimum absolute atomic E-state index is 0.102. The standard InChI is InChI=1S/C16H17N5O6S/c1-20-8-11(6-17-20)28(25,26)18-7-16(24)27-10-15(23)21-9-14(22)19-12-4-2-3-5-13(12)21/h2-6,8,18H,7,9-10H2,1H3,(H,19,22). The van der Waals surface area contributed by atoms with Crippen molar-refractivity contribution in [3.8, 4) is 0 Å². The Bertz CT molecular complexity index is 1030. The van der Waals surface area contributed by atoms with Gasteiger partial charge in [-0.05, 0) is 12.1 Å². The fourth-order valence-electron chi connectivity index (χ4n) is 2.50. The summed E-state index contributed by atoms with van der Waals surface area (Å²) in [4.78, 5) is 37.0. The summed E-state index contributed by atoms with van der Waals surface area (Å²) in [5, 5.41) is 6.38. The average Bonchev–Trinajstić information content (AvgIpc) is 3.11. The summed E-state index contributed by atoms with van der Waals surface area (Å²) in [6, 6.07) is 6.71. The van der Waals surface area contributed by atoms with E-state index >= 15 is 0 Å². The van der Waals surface area contributed by atoms with Crippen molar-refractivity contribution in [2.24, 2.45) is 7.05 Å². The Hall–Kier alpha value is -3.25. The van der Waals surface area contributed by atoms with Gasteiger partial charge in [-0.15, -0.1) is 0 Å². The second-order valence-electron chi connectivity index (χ2n) is 5.88. The number of ether oxygens (including phenoxy) is 1. The highest BCUT2D eigenvalue weighted by molar-refractivity contribution is 7.89. The van der Waals surface area contributed by atoms with Crippen LogP contribution in [0.4, 0.5) is 11.4 Å². The number of sulfonamides is 1. The average molecular weight is 407 g/mol. The van der Waals surface area contributed by atoms with E-state index in [0.29, 0.717) is 11.4 Å². The maximum Gasteiger partial charge on any atom is 0.321 e. The molecule has 2 amide bonds. The second-order valence-corrected chi connectivity index (χ2v) is 7.65. The Morgan fingerprint density at radius 1 is 1.32 bits per heavy atom. The molecule has 28 heavy (non-hydrogen) atoms. The molecule has 11 nitrogen and oxygen atoms in total. The van der Waals surface area contributed by atoms with Gasteiger partial charge in [0.05, 0.1) is 17.6 Å². The Morgan fingerprint density at radius 2 is 2.07 bits per heavy atom. The number of hydrogen-bond acceptors (Lipinski definition) is 7. The van der Waals surface area contributed by atoms with Crippen LogP contribution < -0.4 is 14.9 Å². The third kappa shape index (κ3) is 4.35. The lowest BCUT2D eigenvalue weighted by molar-refractivity contribution is -0.146. The highest BCUT2D eigenvalue weighted by Crippen LogP contribution is 2.28. The van der Waals surface area contributed by atoms with Gasteiger partial charge in [0.1, 0.15) is 18.0 Å². The molecule has 0 saturated carbocycles. The predicted molar refractivity (Wildman–Crippen MR) is 96.8 cm³/mol. The first-order chi connectivity index (χ1) is 13.3. The number of amides is 2. The first-order valence-corrected chi connectivity index (χ1v) is 9.58. The van der Waals surface area contributed by atoms with Gasteiger partial charge < -0.3 is 10.1 Å². The molecule has 0 radical (unpaired) electrons. The van der Waals surface area contributed by atoms with Gasteiger partial charge in [0, 0.05) is 13.2 Å². The van der Waals surface area contributed by atoms with Gasteiger partial charge in [-0.25, -0.2) is 8.42 Å². The number of hydrogen-bond donors (Lipinski definition) is 2. The molecule has 2 aromatic rings. The molecule has 2 N–H and O–H groups in total. The lowest BCUT2D eigenvalue weighted by Gasteiger charge is -2.28. The SMILES string of the molecule is Cn1cc(S(=O)(=O)NCC(=O)OCC(=O)N2CC(=O)Nc3ccccc32)cn1. The van der Waals surface area contributed by atoms with Crippen molar-refractivity contribution < 1.29 is 27.5 Å². The van der Waals surface area contributed by atoms with E-state index < -0.39 is 35.1 Å². The highest BCUT2D eigenvalue weighted by atomic mass is 32.2. The molecule has 1 aromatic carbocycles. The van der Waals surface area contributed by atoms with Gasteiger partial charge in [-0.3, -0.25) is 24.0 Å². The summed E-state index contributed by atoms with van der Waals surface area (Å²) >= 11 is 0. The van der Waals surface area contributed by atoms with Gasteiger partial charge >= 0.3 is 5.97 Å². The van der Waals surface area contributed by atoms with E-state index in [4.69, 9.17) is 4.74 Å². The molecule has 12 heteroatoms. The Morgan fingerprint density at radius 3 is 2.79 bits per heavy atom. The summed E-state index contributed by atoms with van der Waals surface area (Å²) in [6.45, 7) is -1.49. The number of nitrogens with one attached hydrogen (secondary N) is 2. The highest BCUT2D eigenvalue weighted by Gasteiger charge is 2.27. The molecular formula is C16H17N5O6S. The molecule has 1 aromatic heterocycles. The minimum atomic E-state index is -3.92. The topological polar surface area (TPSA) is 140 Å². The maximum atomic E-state index is 12.4. The summed E-state index contributed by atoms with van der Waals surface area (Å²) < 4.78 is 32.2. The third-order valence-electron chi connectivity index (χ3n) is 3.83. The van der Waals surface area contributed by atoms with Crippen LogP contribution in [0.2, 0.25) is 0 Å². The molecular weight excluding hydrogens is 390 g/mol. The minimum Gasteiger partial charge on any atom is -0.455 e. The van der Waals surface area contributed by atoms with Crippen LogP contribution in [0.3, 0.4) is 0 Å². The zero-order chi connectivity index (χ0) is 20.3. The molecule has 1 aliphatic rings. The molecule has 0 spiro atoms. The van der Waals surface area contributed by atoms with Crippen LogP contribution in [-0.4, -0.2) is 55.7 Å². The zero-order valence-corrected chi connectivity index (χ0v) is 15.6. The van der Waals surface area contributed by atoms with Crippen molar-refractivity contribution in [1.29, 1.82) is 0 Å². The fourth-order valence-corrected chi connectivity index (χ4v) is 3.45. The molecule has 0 unspecified atom stereocenters. The van der Waals surface area contributed by atoms with E-state index in [1.54, 1.807) is 31.3 Å². The van der Waals surface area contributed by atoms with Gasteiger partial charge in [-0.2, -0.15) is 9.82 Å². The number of para-hydroxylation sites is 2. The smallest absolute Gasteiger partial charge is 0.321 e. The molecule has 2 heterocycles. The number of benzene rings is 1. The molecule has 0 bridgehead atoms. The van der Waals surface area contributed by atoms with Crippen LogP contribution in [0.1, 0.15) is 0 Å². The quantitative estimate of drug-likeness (QED) is 0.599. The van der Waals surface area contributed by atoms with E-state index in [-0.39, 0.29) is 17.3 Å². The van der Waals surface area contributed by atoms with Crippen molar-refractivity contribution in [1.82, 2.24) is 14.5 Å². The number of esters is 1. The number of anilines is 2. The third-order valence-corrected chi connectivity index (χ3v) is 5.18. The van der Waals surface area contributed by atoms with E-state index in [2.05, 4.69) is 15.1 Å². The molecule has 1 aliphatic heterocycles. The van der Waals surface area contributed by atoms with Crippen molar-refractivity contribution >= 4 is 39.2 Å². The first-order valence-electron chi connectivity index (χ1n) is 8.09. The number of carbonyl (C=O) groups is 3. The van der Waals surface area contributed by atoms with Crippen LogP contribution in [0.5, 0.6) is 0 Å². The number of aromatic nitrogens is 2. The maximum absolute atomic E-state index is 12.4. The van der Waals surface area contributed by atoms with E-state index in [9.17, 15) is 22.8 Å². The Balaban J connectivity index is 1.55. The van der Waals surface area contributed by atoms with Crippen LogP contribution in [-0.2, 0) is 36.2 Å². The van der Waals surface area contributed by atoms with Crippen molar-refractivity contribution in [3.05, 3.63) is 36.7 Å². The number of aryl methyl sites for hydroxylation is 1. The Kier molecular flexibility index (Phi) is 5.42. The number of fused-ring (bicyclic) bond motifs is 1. The van der Waals surface area contributed by atoms with Gasteiger partial charge in [0.15, 0.2) is 6.61 Å². The number of nitrogens with zero attached hydrogens (tertiary/aromatic N) is 3. The Labute approximate surface area is 160 Å². The van der Waals surface area contributed by atoms with Crippen molar-refractivity contribution in [2.45, 2.75) is 4.90 Å². The summed E-state index contributed by atoms with van der Waals surface area (Å²) in [5.41, 5.74) is 0.961. The largest absolute Gasteiger partial charge is 0.455 e. The summed E-state index contributed by atoms with van der Waals surface area (Å²) in [6.07, 6.45) is 2.41. The molecule has 148 valence electrons. The molecule has 0 aliphatic carbocycles. The molecule has 0 atom stereocenters. The van der Waals surface area contributed by atoms with Crippen LogP contribution in [0.25, 0.3) is 0 Å². The van der Waals surface area contributed by atoms with Crippen LogP contribution in [0.15, 0.2) is 41.6 Å². The number of carbonyl (C=O) groups excluding carboxylic acids is 3. The second kappa shape index (κ2) is 7.78. The predicted octanol–water partition coefficient (Wildman–Crippen LogP) is -0.773. The van der Waals surface area contributed by atoms with E-state index in [1.807, 2.05) is 0 Å².